The van der Waals surface area contributed by atoms with E-state index in [4.69, 9.17) is 0 Å². The van der Waals surface area contributed by atoms with Gasteiger partial charge in [-0.25, -0.2) is 14.2 Å². The molecule has 0 radical (unpaired) electrons. The van der Waals surface area contributed by atoms with Gasteiger partial charge in [0.15, 0.2) is 0 Å². The molecule has 150 valence electrons. The van der Waals surface area contributed by atoms with Crippen LogP contribution in [0.3, 0.4) is 0 Å². The van der Waals surface area contributed by atoms with Gasteiger partial charge < -0.3 is 20.6 Å². The van der Waals surface area contributed by atoms with Crippen LogP contribution in [0.5, 0.6) is 0 Å². The van der Waals surface area contributed by atoms with Crippen LogP contribution in [-0.2, 0) is 6.54 Å². The Labute approximate surface area is 164 Å². The summed E-state index contributed by atoms with van der Waals surface area (Å²) in [6.07, 6.45) is 3.18. The number of nitrogens with zero attached hydrogens (tertiary/aromatic N) is 2. The Morgan fingerprint density at radius 2 is 2.07 bits per heavy atom. The maximum absolute atomic E-state index is 13.2. The number of benzene rings is 1. The van der Waals surface area contributed by atoms with Crippen LogP contribution in [0.4, 0.5) is 15.0 Å². The van der Waals surface area contributed by atoms with Gasteiger partial charge in [-0.15, -0.1) is 0 Å². The van der Waals surface area contributed by atoms with Gasteiger partial charge in [0.2, 0.25) is 0 Å². The third kappa shape index (κ3) is 5.66. The number of rotatable bonds is 6. The van der Waals surface area contributed by atoms with Gasteiger partial charge in [0.1, 0.15) is 11.6 Å². The van der Waals surface area contributed by atoms with Crippen LogP contribution in [-0.4, -0.2) is 35.8 Å². The van der Waals surface area contributed by atoms with E-state index in [2.05, 4.69) is 27.4 Å². The van der Waals surface area contributed by atoms with Crippen molar-refractivity contribution in [3.63, 3.8) is 0 Å². The number of aliphatic hydroxyl groups excluding tert-OH is 1. The van der Waals surface area contributed by atoms with Crippen molar-refractivity contribution in [3.8, 4) is 0 Å². The lowest BCUT2D eigenvalue weighted by atomic mass is 9.99. The SMILES string of the molecule is CC1CCN(c2ccc(CNC(=O)NCC(O)c3cccc(F)c3)cn2)CC1. The highest BCUT2D eigenvalue weighted by Gasteiger charge is 2.16. The van der Waals surface area contributed by atoms with Gasteiger partial charge in [0.05, 0.1) is 6.10 Å². The minimum absolute atomic E-state index is 0.000142. The molecule has 1 aromatic carbocycles. The van der Waals surface area contributed by atoms with Crippen molar-refractivity contribution < 1.29 is 14.3 Å². The minimum Gasteiger partial charge on any atom is -0.387 e. The highest BCUT2D eigenvalue weighted by molar-refractivity contribution is 5.73. The van der Waals surface area contributed by atoms with Crippen molar-refractivity contribution in [2.75, 3.05) is 24.5 Å². The number of nitrogens with one attached hydrogen (secondary N) is 2. The molecule has 0 bridgehead atoms. The zero-order chi connectivity index (χ0) is 19.9. The molecule has 1 fully saturated rings. The van der Waals surface area contributed by atoms with E-state index in [-0.39, 0.29) is 6.54 Å². The van der Waals surface area contributed by atoms with Crippen LogP contribution in [0, 0.1) is 11.7 Å². The summed E-state index contributed by atoms with van der Waals surface area (Å²) in [7, 11) is 0. The van der Waals surface area contributed by atoms with E-state index in [1.54, 1.807) is 12.3 Å². The summed E-state index contributed by atoms with van der Waals surface area (Å²) in [5.41, 5.74) is 1.32. The molecule has 3 N–H and O–H groups in total. The average Bonchev–Trinajstić information content (AvgIpc) is 2.71. The summed E-state index contributed by atoms with van der Waals surface area (Å²) in [5, 5.41) is 15.3. The van der Waals surface area contributed by atoms with Gasteiger partial charge in [0.25, 0.3) is 0 Å². The normalized spacial score (nSPS) is 15.9. The number of pyridine rings is 1. The number of aliphatic hydroxyl groups is 1. The zero-order valence-corrected chi connectivity index (χ0v) is 16.1. The molecule has 0 aliphatic carbocycles. The summed E-state index contributed by atoms with van der Waals surface area (Å²) in [6, 6.07) is 9.24. The molecule has 1 aromatic heterocycles. The van der Waals surface area contributed by atoms with Crippen LogP contribution in [0.15, 0.2) is 42.6 Å². The lowest BCUT2D eigenvalue weighted by molar-refractivity contribution is 0.172. The molecule has 28 heavy (non-hydrogen) atoms. The number of hydrogen-bond acceptors (Lipinski definition) is 4. The second-order valence-electron chi connectivity index (χ2n) is 7.33. The van der Waals surface area contributed by atoms with Crippen LogP contribution in [0.2, 0.25) is 0 Å². The Hall–Kier alpha value is -2.67. The standard InChI is InChI=1S/C21H27FN4O2/c1-15-7-9-26(10-8-15)20-6-5-16(12-23-20)13-24-21(28)25-14-19(27)17-3-2-4-18(22)11-17/h2-6,11-12,15,19,27H,7-10,13-14H2,1H3,(H2,24,25,28). The first-order valence-corrected chi connectivity index (χ1v) is 9.66. The third-order valence-electron chi connectivity index (χ3n) is 5.06. The first-order valence-electron chi connectivity index (χ1n) is 9.66. The number of urea groups is 1. The van der Waals surface area contributed by atoms with E-state index in [1.165, 1.54) is 31.0 Å². The summed E-state index contributed by atoms with van der Waals surface area (Å²) < 4.78 is 13.2. The number of amides is 2. The van der Waals surface area contributed by atoms with Gasteiger partial charge >= 0.3 is 6.03 Å². The number of aromatic nitrogens is 1. The van der Waals surface area contributed by atoms with Crippen LogP contribution in [0.1, 0.15) is 37.0 Å². The smallest absolute Gasteiger partial charge is 0.315 e. The molecule has 1 atom stereocenters. The van der Waals surface area contributed by atoms with Crippen molar-refractivity contribution >= 4 is 11.8 Å². The Morgan fingerprint density at radius 1 is 1.29 bits per heavy atom. The van der Waals surface area contributed by atoms with E-state index in [1.807, 2.05) is 12.1 Å². The van der Waals surface area contributed by atoms with Gasteiger partial charge in [0, 0.05) is 32.4 Å². The number of anilines is 1. The fraction of sp³-hybridized carbons (Fsp3) is 0.429. The summed E-state index contributed by atoms with van der Waals surface area (Å²) >= 11 is 0. The maximum atomic E-state index is 13.2. The highest BCUT2D eigenvalue weighted by Crippen LogP contribution is 2.21. The molecule has 2 amide bonds. The molecule has 1 aliphatic rings. The Morgan fingerprint density at radius 3 is 2.75 bits per heavy atom. The molecule has 0 saturated carbocycles. The molecular weight excluding hydrogens is 359 g/mol. The summed E-state index contributed by atoms with van der Waals surface area (Å²) in [5.74, 6) is 1.33. The van der Waals surface area contributed by atoms with Crippen molar-refractivity contribution in [2.45, 2.75) is 32.4 Å². The summed E-state index contributed by atoms with van der Waals surface area (Å²) in [4.78, 5) is 18.7. The quantitative estimate of drug-likeness (QED) is 0.713. The predicted octanol–water partition coefficient (Wildman–Crippen LogP) is 2.99. The third-order valence-corrected chi connectivity index (χ3v) is 5.06. The van der Waals surface area contributed by atoms with E-state index < -0.39 is 18.0 Å². The largest absolute Gasteiger partial charge is 0.387 e. The summed E-state index contributed by atoms with van der Waals surface area (Å²) in [6.45, 7) is 4.68. The predicted molar refractivity (Wildman–Crippen MR) is 106 cm³/mol. The van der Waals surface area contributed by atoms with Gasteiger partial charge in [-0.1, -0.05) is 25.1 Å². The molecule has 2 heterocycles. The molecule has 1 saturated heterocycles. The lowest BCUT2D eigenvalue weighted by Gasteiger charge is -2.31. The van der Waals surface area contributed by atoms with Crippen molar-refractivity contribution in [2.24, 2.45) is 5.92 Å². The molecule has 1 unspecified atom stereocenters. The second-order valence-corrected chi connectivity index (χ2v) is 7.33. The van der Waals surface area contributed by atoms with Crippen molar-refractivity contribution in [3.05, 3.63) is 59.5 Å². The Bertz CT molecular complexity index is 776. The van der Waals surface area contributed by atoms with E-state index >= 15 is 0 Å². The molecule has 6 nitrogen and oxygen atoms in total. The number of hydrogen-bond donors (Lipinski definition) is 3. The van der Waals surface area contributed by atoms with Crippen molar-refractivity contribution in [1.82, 2.24) is 15.6 Å². The number of halogens is 1. The van der Waals surface area contributed by atoms with Crippen molar-refractivity contribution in [1.29, 1.82) is 0 Å². The second kappa shape index (κ2) is 9.50. The molecule has 0 spiro atoms. The van der Waals surface area contributed by atoms with Gasteiger partial charge in [-0.3, -0.25) is 0 Å². The van der Waals surface area contributed by atoms with E-state index in [0.29, 0.717) is 12.1 Å². The Balaban J connectivity index is 1.41. The number of piperidine rings is 1. The topological polar surface area (TPSA) is 77.5 Å². The van der Waals surface area contributed by atoms with E-state index in [9.17, 15) is 14.3 Å². The number of carbonyl (C=O) groups excluding carboxylic acids is 1. The van der Waals surface area contributed by atoms with E-state index in [0.717, 1.165) is 30.4 Å². The highest BCUT2D eigenvalue weighted by atomic mass is 19.1. The first kappa shape index (κ1) is 20.1. The molecule has 3 rings (SSSR count). The monoisotopic (exact) mass is 386 g/mol. The molecular formula is C21H27FN4O2. The molecule has 7 heteroatoms. The molecule has 1 aliphatic heterocycles. The van der Waals surface area contributed by atoms with Crippen LogP contribution in [0.25, 0.3) is 0 Å². The molecule has 2 aromatic rings. The fourth-order valence-electron chi connectivity index (χ4n) is 3.21. The first-order chi connectivity index (χ1) is 13.5. The zero-order valence-electron chi connectivity index (χ0n) is 16.1. The van der Waals surface area contributed by atoms with Crippen LogP contribution >= 0.6 is 0 Å². The van der Waals surface area contributed by atoms with Gasteiger partial charge in [-0.05, 0) is 48.1 Å². The maximum Gasteiger partial charge on any atom is 0.315 e. The average molecular weight is 386 g/mol. The number of carbonyl (C=O) groups is 1. The van der Waals surface area contributed by atoms with Crippen LogP contribution < -0.4 is 15.5 Å². The van der Waals surface area contributed by atoms with Gasteiger partial charge in [-0.2, -0.15) is 0 Å². The Kier molecular flexibility index (Phi) is 6.81. The minimum atomic E-state index is -0.963. The fourth-order valence-corrected chi connectivity index (χ4v) is 3.21. The lowest BCUT2D eigenvalue weighted by Crippen LogP contribution is -2.37.